The maximum absolute atomic E-state index is 12.1. The molecule has 0 N–H and O–H groups in total. The van der Waals surface area contributed by atoms with Gasteiger partial charge in [-0.2, -0.15) is 0 Å². The summed E-state index contributed by atoms with van der Waals surface area (Å²) in [7, 11) is -3.60. The summed E-state index contributed by atoms with van der Waals surface area (Å²) in [6, 6.07) is 5.44. The lowest BCUT2D eigenvalue weighted by molar-refractivity contribution is -0.387. The van der Waals surface area contributed by atoms with Crippen LogP contribution in [0.3, 0.4) is 0 Å². The number of para-hydroxylation sites is 1. The van der Waals surface area contributed by atoms with Crippen molar-refractivity contribution in [2.24, 2.45) is 0 Å². The van der Waals surface area contributed by atoms with Crippen molar-refractivity contribution in [2.75, 3.05) is 11.6 Å². The Morgan fingerprint density at radius 1 is 1.11 bits per heavy atom. The Bertz CT molecular complexity index is 530. The van der Waals surface area contributed by atoms with Crippen molar-refractivity contribution in [1.82, 2.24) is 0 Å². The second kappa shape index (κ2) is 7.45. The van der Waals surface area contributed by atoms with E-state index in [-0.39, 0.29) is 16.3 Å². The minimum Gasteiger partial charge on any atom is -0.258 e. The summed E-state index contributed by atoms with van der Waals surface area (Å²) in [4.78, 5) is 9.95. The molecule has 0 saturated heterocycles. The molecule has 0 unspecified atom stereocenters. The monoisotopic (exact) mass is 305 g/mol. The number of hydrogen-bond acceptors (Lipinski definition) is 4. The number of hydrogen-bond donors (Lipinski definition) is 0. The molecule has 0 aromatic heterocycles. The highest BCUT2D eigenvalue weighted by Crippen LogP contribution is 2.24. The molecule has 7 heteroatoms. The first-order valence-electron chi connectivity index (χ1n) is 6.01. The minimum atomic E-state index is -3.60. The molecule has 0 heterocycles. The smallest absolute Gasteiger partial charge is 0.258 e. The predicted octanol–water partition coefficient (Wildman–Crippen LogP) is 3.17. The zero-order valence-electron chi connectivity index (χ0n) is 10.4. The number of halogens is 1. The minimum absolute atomic E-state index is 0.0693. The molecule has 0 aliphatic heterocycles. The second-order valence-corrected chi connectivity index (χ2v) is 6.60. The van der Waals surface area contributed by atoms with Gasteiger partial charge in [0.1, 0.15) is 4.90 Å². The van der Waals surface area contributed by atoms with Crippen molar-refractivity contribution in [1.29, 1.82) is 0 Å². The van der Waals surface area contributed by atoms with Gasteiger partial charge in [0.2, 0.25) is 0 Å². The quantitative estimate of drug-likeness (QED) is 0.320. The number of benzene rings is 1. The molecule has 1 rings (SSSR count). The molecular formula is C12H16ClNO4S. The van der Waals surface area contributed by atoms with Crippen LogP contribution in [0.25, 0.3) is 0 Å². The Morgan fingerprint density at radius 3 is 2.37 bits per heavy atom. The molecule has 0 saturated carbocycles. The summed E-state index contributed by atoms with van der Waals surface area (Å²) < 4.78 is 24.1. The van der Waals surface area contributed by atoms with Gasteiger partial charge in [0.05, 0.1) is 10.7 Å². The van der Waals surface area contributed by atoms with Gasteiger partial charge in [-0.3, -0.25) is 10.1 Å². The number of sulfone groups is 1. The van der Waals surface area contributed by atoms with Gasteiger partial charge in [0, 0.05) is 11.9 Å². The standard InChI is InChI=1S/C12H16ClNO4S/c13-9-5-1-2-6-10-19(17,18)12-8-4-3-7-11(12)14(15)16/h3-4,7-8H,1-2,5-6,9-10H2. The molecule has 0 fully saturated rings. The number of nitro benzene ring substituents is 1. The zero-order valence-corrected chi connectivity index (χ0v) is 12.0. The maximum Gasteiger partial charge on any atom is 0.287 e. The van der Waals surface area contributed by atoms with E-state index in [1.165, 1.54) is 24.3 Å². The maximum atomic E-state index is 12.1. The number of rotatable bonds is 8. The molecule has 0 amide bonds. The fourth-order valence-electron chi connectivity index (χ4n) is 1.72. The van der Waals surface area contributed by atoms with Crippen molar-refractivity contribution >= 4 is 27.1 Å². The van der Waals surface area contributed by atoms with Gasteiger partial charge in [0.15, 0.2) is 9.84 Å². The molecule has 0 radical (unpaired) electrons. The molecule has 1 aromatic rings. The summed E-state index contributed by atoms with van der Waals surface area (Å²) in [5.74, 6) is 0.497. The zero-order chi connectivity index (χ0) is 14.3. The van der Waals surface area contributed by atoms with Gasteiger partial charge in [0.25, 0.3) is 5.69 Å². The number of nitrogens with zero attached hydrogens (tertiary/aromatic N) is 1. The fraction of sp³-hybridized carbons (Fsp3) is 0.500. The molecule has 0 spiro atoms. The van der Waals surface area contributed by atoms with E-state index in [4.69, 9.17) is 11.6 Å². The first kappa shape index (κ1) is 15.9. The fourth-order valence-corrected chi connectivity index (χ4v) is 3.46. The summed E-state index contributed by atoms with van der Waals surface area (Å²) in [5.41, 5.74) is -0.358. The number of unbranched alkanes of at least 4 members (excludes halogenated alkanes) is 3. The van der Waals surface area contributed by atoms with Crippen LogP contribution in [0.4, 0.5) is 5.69 Å². The van der Waals surface area contributed by atoms with E-state index in [9.17, 15) is 18.5 Å². The second-order valence-electron chi connectivity index (χ2n) is 4.15. The van der Waals surface area contributed by atoms with Crippen LogP contribution < -0.4 is 0 Å². The molecular weight excluding hydrogens is 290 g/mol. The Labute approximate surface area is 117 Å². The summed E-state index contributed by atoms with van der Waals surface area (Å²) in [5, 5.41) is 10.8. The van der Waals surface area contributed by atoms with Crippen LogP contribution >= 0.6 is 11.6 Å². The average Bonchev–Trinajstić information content (AvgIpc) is 2.38. The van der Waals surface area contributed by atoms with E-state index in [2.05, 4.69) is 0 Å². The van der Waals surface area contributed by atoms with E-state index in [1.54, 1.807) is 0 Å². The van der Waals surface area contributed by atoms with Crippen LogP contribution in [-0.2, 0) is 9.84 Å². The normalized spacial score (nSPS) is 11.4. The van der Waals surface area contributed by atoms with Crippen LogP contribution in [0.2, 0.25) is 0 Å². The van der Waals surface area contributed by atoms with E-state index < -0.39 is 14.8 Å². The largest absolute Gasteiger partial charge is 0.287 e. The topological polar surface area (TPSA) is 77.3 Å². The van der Waals surface area contributed by atoms with E-state index >= 15 is 0 Å². The molecule has 1 aromatic carbocycles. The Morgan fingerprint density at radius 2 is 1.74 bits per heavy atom. The average molecular weight is 306 g/mol. The third kappa shape index (κ3) is 4.80. The number of nitro groups is 1. The lowest BCUT2D eigenvalue weighted by Crippen LogP contribution is -2.09. The highest BCUT2D eigenvalue weighted by Gasteiger charge is 2.24. The van der Waals surface area contributed by atoms with Gasteiger partial charge in [-0.1, -0.05) is 25.0 Å². The van der Waals surface area contributed by atoms with Crippen molar-refractivity contribution < 1.29 is 13.3 Å². The van der Waals surface area contributed by atoms with Crippen molar-refractivity contribution in [2.45, 2.75) is 30.6 Å². The third-order valence-electron chi connectivity index (χ3n) is 2.69. The van der Waals surface area contributed by atoms with Crippen molar-refractivity contribution in [3.63, 3.8) is 0 Å². The van der Waals surface area contributed by atoms with Crippen LogP contribution in [0.5, 0.6) is 0 Å². The lowest BCUT2D eigenvalue weighted by Gasteiger charge is -2.05. The summed E-state index contributed by atoms with van der Waals surface area (Å²) in [6.45, 7) is 0. The van der Waals surface area contributed by atoms with E-state index in [0.29, 0.717) is 12.3 Å². The van der Waals surface area contributed by atoms with E-state index in [0.717, 1.165) is 19.3 Å². The van der Waals surface area contributed by atoms with Crippen LogP contribution in [0, 0.1) is 10.1 Å². The van der Waals surface area contributed by atoms with Crippen LogP contribution in [0.15, 0.2) is 29.2 Å². The molecule has 0 aliphatic rings. The Kier molecular flexibility index (Phi) is 6.24. The molecule has 19 heavy (non-hydrogen) atoms. The first-order chi connectivity index (χ1) is 8.99. The van der Waals surface area contributed by atoms with Crippen LogP contribution in [0.1, 0.15) is 25.7 Å². The Hall–Kier alpha value is -1.14. The molecule has 0 bridgehead atoms. The van der Waals surface area contributed by atoms with Gasteiger partial charge in [-0.05, 0) is 18.9 Å². The molecule has 0 atom stereocenters. The SMILES string of the molecule is O=[N+]([O-])c1ccccc1S(=O)(=O)CCCCCCCl. The molecule has 0 aliphatic carbocycles. The third-order valence-corrected chi connectivity index (χ3v) is 4.80. The van der Waals surface area contributed by atoms with Gasteiger partial charge < -0.3 is 0 Å². The van der Waals surface area contributed by atoms with Crippen molar-refractivity contribution in [3.8, 4) is 0 Å². The summed E-state index contributed by atoms with van der Waals surface area (Å²) >= 11 is 5.53. The highest BCUT2D eigenvalue weighted by molar-refractivity contribution is 7.91. The van der Waals surface area contributed by atoms with E-state index in [1.807, 2.05) is 0 Å². The van der Waals surface area contributed by atoms with Gasteiger partial charge in [-0.15, -0.1) is 11.6 Å². The first-order valence-corrected chi connectivity index (χ1v) is 8.20. The summed E-state index contributed by atoms with van der Waals surface area (Å²) in [6.07, 6.45) is 2.97. The van der Waals surface area contributed by atoms with Crippen molar-refractivity contribution in [3.05, 3.63) is 34.4 Å². The van der Waals surface area contributed by atoms with Crippen LogP contribution in [-0.4, -0.2) is 25.0 Å². The lowest BCUT2D eigenvalue weighted by atomic mass is 10.2. The molecule has 5 nitrogen and oxygen atoms in total. The highest BCUT2D eigenvalue weighted by atomic mass is 35.5. The number of alkyl halides is 1. The molecule has 106 valence electrons. The predicted molar refractivity (Wildman–Crippen MR) is 74.3 cm³/mol. The van der Waals surface area contributed by atoms with Gasteiger partial charge >= 0.3 is 0 Å². The Balaban J connectivity index is 2.75. The van der Waals surface area contributed by atoms with Gasteiger partial charge in [-0.25, -0.2) is 8.42 Å².